The van der Waals surface area contributed by atoms with Crippen LogP contribution >= 0.6 is 0 Å². The van der Waals surface area contributed by atoms with Gasteiger partial charge in [-0.25, -0.2) is 9.59 Å². The maximum Gasteiger partial charge on any atom is 0.329 e. The molecule has 1 heterocycles. The molecule has 5 nitrogen and oxygen atoms in total. The minimum Gasteiger partial charge on any atom is -0.480 e. The van der Waals surface area contributed by atoms with Gasteiger partial charge in [0, 0.05) is 19.6 Å². The molecule has 1 saturated heterocycles. The Hall–Kier alpha value is -1.26. The molecule has 2 aliphatic rings. The number of nitrogens with zero attached hydrogens (tertiary/aromatic N) is 2. The Balaban J connectivity index is 2.05. The van der Waals surface area contributed by atoms with Gasteiger partial charge in [-0.15, -0.1) is 0 Å². The van der Waals surface area contributed by atoms with E-state index in [0.717, 1.165) is 38.0 Å². The largest absolute Gasteiger partial charge is 0.480 e. The van der Waals surface area contributed by atoms with E-state index in [2.05, 4.69) is 6.92 Å². The summed E-state index contributed by atoms with van der Waals surface area (Å²) in [5, 5.41) is 9.41. The zero-order chi connectivity index (χ0) is 14.9. The van der Waals surface area contributed by atoms with Gasteiger partial charge >= 0.3 is 12.0 Å². The highest BCUT2D eigenvalue weighted by molar-refractivity contribution is 5.86. The minimum atomic E-state index is -1.03. The van der Waals surface area contributed by atoms with E-state index in [1.165, 1.54) is 0 Å². The van der Waals surface area contributed by atoms with Crippen molar-refractivity contribution in [2.45, 2.75) is 64.0 Å². The van der Waals surface area contributed by atoms with Crippen molar-refractivity contribution in [2.75, 3.05) is 13.6 Å². The summed E-state index contributed by atoms with van der Waals surface area (Å²) in [4.78, 5) is 27.4. The molecule has 0 radical (unpaired) electrons. The number of rotatable bonds is 2. The summed E-state index contributed by atoms with van der Waals surface area (Å²) in [7, 11) is 1.82. The number of amides is 2. The molecule has 2 amide bonds. The second-order valence-electron chi connectivity index (χ2n) is 6.64. The smallest absolute Gasteiger partial charge is 0.329 e. The molecule has 1 atom stereocenters. The van der Waals surface area contributed by atoms with E-state index in [0.29, 0.717) is 13.0 Å². The van der Waals surface area contributed by atoms with Crippen molar-refractivity contribution in [2.24, 2.45) is 5.92 Å². The highest BCUT2D eigenvalue weighted by atomic mass is 16.4. The van der Waals surface area contributed by atoms with E-state index >= 15 is 0 Å². The van der Waals surface area contributed by atoms with Crippen molar-refractivity contribution in [3.8, 4) is 0 Å². The van der Waals surface area contributed by atoms with Gasteiger partial charge in [-0.05, 0) is 51.4 Å². The van der Waals surface area contributed by atoms with Crippen LogP contribution in [0.25, 0.3) is 0 Å². The number of hydrogen-bond donors (Lipinski definition) is 1. The molecular weight excluding hydrogens is 256 g/mol. The maximum atomic E-state index is 12.6. The second kappa shape index (κ2) is 5.62. The van der Waals surface area contributed by atoms with Crippen LogP contribution in [0.2, 0.25) is 0 Å². The number of urea groups is 1. The normalized spacial score (nSPS) is 34.0. The van der Waals surface area contributed by atoms with E-state index < -0.39 is 11.5 Å². The molecule has 0 aromatic rings. The molecule has 1 aliphatic carbocycles. The molecule has 0 spiro atoms. The van der Waals surface area contributed by atoms with Crippen LogP contribution in [-0.2, 0) is 4.79 Å². The van der Waals surface area contributed by atoms with Gasteiger partial charge in [0.25, 0.3) is 0 Å². The Morgan fingerprint density at radius 2 is 1.85 bits per heavy atom. The maximum absolute atomic E-state index is 12.6. The minimum absolute atomic E-state index is 0.119. The quantitative estimate of drug-likeness (QED) is 0.846. The lowest BCUT2D eigenvalue weighted by molar-refractivity contribution is -0.147. The average molecular weight is 282 g/mol. The Labute approximate surface area is 120 Å². The van der Waals surface area contributed by atoms with Gasteiger partial charge in [0.15, 0.2) is 0 Å². The summed E-state index contributed by atoms with van der Waals surface area (Å²) >= 11 is 0. The predicted molar refractivity (Wildman–Crippen MR) is 76.6 cm³/mol. The molecule has 1 N–H and O–H groups in total. The molecule has 114 valence electrons. The molecule has 1 saturated carbocycles. The number of carbonyl (C=O) groups excluding carboxylic acids is 1. The SMILES string of the molecule is CC1CCC(N(C)C(=O)N2CCCC2(C)C(=O)O)CC1. The van der Waals surface area contributed by atoms with Crippen LogP contribution in [0.1, 0.15) is 52.4 Å². The molecular formula is C15H26N2O3. The summed E-state index contributed by atoms with van der Waals surface area (Å²) < 4.78 is 0. The van der Waals surface area contributed by atoms with Crippen LogP contribution < -0.4 is 0 Å². The van der Waals surface area contributed by atoms with Gasteiger partial charge in [0.05, 0.1) is 0 Å². The average Bonchev–Trinajstić information content (AvgIpc) is 2.81. The first-order valence-corrected chi connectivity index (χ1v) is 7.64. The van der Waals surface area contributed by atoms with Crippen LogP contribution in [-0.4, -0.2) is 52.1 Å². The van der Waals surface area contributed by atoms with Crippen LogP contribution in [0, 0.1) is 5.92 Å². The summed E-state index contributed by atoms with van der Waals surface area (Å²) in [6.07, 6.45) is 5.67. The van der Waals surface area contributed by atoms with Crippen molar-refractivity contribution >= 4 is 12.0 Å². The number of hydrogen-bond acceptors (Lipinski definition) is 2. The van der Waals surface area contributed by atoms with E-state index in [4.69, 9.17) is 0 Å². The van der Waals surface area contributed by atoms with E-state index in [-0.39, 0.29) is 12.1 Å². The number of aliphatic carboxylic acids is 1. The number of carboxylic acids is 1. The van der Waals surface area contributed by atoms with Gasteiger partial charge in [-0.3, -0.25) is 0 Å². The molecule has 0 aromatic carbocycles. The monoisotopic (exact) mass is 282 g/mol. The number of carboxylic acid groups (broad SMARTS) is 1. The van der Waals surface area contributed by atoms with Crippen molar-refractivity contribution in [1.82, 2.24) is 9.80 Å². The molecule has 1 unspecified atom stereocenters. The van der Waals surface area contributed by atoms with Crippen molar-refractivity contribution < 1.29 is 14.7 Å². The fourth-order valence-corrected chi connectivity index (χ4v) is 3.47. The van der Waals surface area contributed by atoms with Gasteiger partial charge in [0.2, 0.25) is 0 Å². The van der Waals surface area contributed by atoms with Crippen molar-refractivity contribution in [3.05, 3.63) is 0 Å². The van der Waals surface area contributed by atoms with Crippen LogP contribution in [0.3, 0.4) is 0 Å². The summed E-state index contributed by atoms with van der Waals surface area (Å²) in [6, 6.07) is 0.143. The summed E-state index contributed by atoms with van der Waals surface area (Å²) in [5.74, 6) is -0.153. The third-order valence-corrected chi connectivity index (χ3v) is 5.17. The van der Waals surface area contributed by atoms with E-state index in [1.54, 1.807) is 16.7 Å². The lowest BCUT2D eigenvalue weighted by atomic mass is 9.87. The molecule has 20 heavy (non-hydrogen) atoms. The summed E-state index contributed by atoms with van der Waals surface area (Å²) in [5.41, 5.74) is -1.03. The van der Waals surface area contributed by atoms with Crippen LogP contribution in [0.4, 0.5) is 4.79 Å². The topological polar surface area (TPSA) is 60.9 Å². The third-order valence-electron chi connectivity index (χ3n) is 5.17. The molecule has 1 aliphatic heterocycles. The molecule has 2 rings (SSSR count). The Kier molecular flexibility index (Phi) is 4.25. The third kappa shape index (κ3) is 2.63. The van der Waals surface area contributed by atoms with Gasteiger partial charge < -0.3 is 14.9 Å². The first-order chi connectivity index (χ1) is 9.36. The first kappa shape index (κ1) is 15.1. The van der Waals surface area contributed by atoms with Gasteiger partial charge in [-0.2, -0.15) is 0 Å². The standard InChI is InChI=1S/C15H26N2O3/c1-11-5-7-12(8-6-11)16(3)14(20)17-10-4-9-15(17,2)13(18)19/h11-12H,4-10H2,1-3H3,(H,18,19). The number of likely N-dealkylation sites (tertiary alicyclic amines) is 1. The van der Waals surface area contributed by atoms with Gasteiger partial charge in [-0.1, -0.05) is 6.92 Å². The first-order valence-electron chi connectivity index (χ1n) is 7.64. The highest BCUT2D eigenvalue weighted by Gasteiger charge is 2.47. The Morgan fingerprint density at radius 3 is 2.40 bits per heavy atom. The molecule has 0 aromatic heterocycles. The Bertz CT molecular complexity index is 391. The highest BCUT2D eigenvalue weighted by Crippen LogP contribution is 2.32. The zero-order valence-corrected chi connectivity index (χ0v) is 12.8. The fraction of sp³-hybridized carbons (Fsp3) is 0.867. The lowest BCUT2D eigenvalue weighted by Crippen LogP contribution is -2.56. The second-order valence-corrected chi connectivity index (χ2v) is 6.64. The molecule has 5 heteroatoms. The lowest BCUT2D eigenvalue weighted by Gasteiger charge is -2.39. The Morgan fingerprint density at radius 1 is 1.25 bits per heavy atom. The van der Waals surface area contributed by atoms with Crippen LogP contribution in [0.5, 0.6) is 0 Å². The van der Waals surface area contributed by atoms with E-state index in [9.17, 15) is 14.7 Å². The zero-order valence-electron chi connectivity index (χ0n) is 12.8. The number of carbonyl (C=O) groups is 2. The van der Waals surface area contributed by atoms with Crippen LogP contribution in [0.15, 0.2) is 0 Å². The van der Waals surface area contributed by atoms with E-state index in [1.807, 2.05) is 7.05 Å². The van der Waals surface area contributed by atoms with Crippen molar-refractivity contribution in [1.29, 1.82) is 0 Å². The molecule has 0 bridgehead atoms. The molecule has 2 fully saturated rings. The predicted octanol–water partition coefficient (Wildman–Crippen LogP) is 2.56. The van der Waals surface area contributed by atoms with Gasteiger partial charge in [0.1, 0.15) is 5.54 Å². The fourth-order valence-electron chi connectivity index (χ4n) is 3.47. The summed E-state index contributed by atoms with van der Waals surface area (Å²) in [6.45, 7) is 4.46. The van der Waals surface area contributed by atoms with Crippen molar-refractivity contribution in [3.63, 3.8) is 0 Å².